The molecule has 1 atom stereocenters. The van der Waals surface area contributed by atoms with Gasteiger partial charge in [0, 0.05) is 11.3 Å². The van der Waals surface area contributed by atoms with Crippen LogP contribution in [0.2, 0.25) is 0 Å². The van der Waals surface area contributed by atoms with Crippen LogP contribution in [0.15, 0.2) is 0 Å². The SMILES string of the molecule is Cc1nc2c(c(NC(CO)CC(C)C)n1)CCCC2. The van der Waals surface area contributed by atoms with E-state index in [1.807, 2.05) is 6.92 Å². The Morgan fingerprint density at radius 3 is 2.63 bits per heavy atom. The number of rotatable bonds is 5. The van der Waals surface area contributed by atoms with Crippen molar-refractivity contribution < 1.29 is 5.11 Å². The quantitative estimate of drug-likeness (QED) is 0.857. The summed E-state index contributed by atoms with van der Waals surface area (Å²) in [5.74, 6) is 2.33. The monoisotopic (exact) mass is 263 g/mol. The van der Waals surface area contributed by atoms with Crippen molar-refractivity contribution in [2.45, 2.75) is 58.9 Å². The van der Waals surface area contributed by atoms with Crippen molar-refractivity contribution in [2.75, 3.05) is 11.9 Å². The van der Waals surface area contributed by atoms with Crippen LogP contribution in [0.1, 0.15) is 50.2 Å². The first kappa shape index (κ1) is 14.3. The van der Waals surface area contributed by atoms with E-state index in [1.165, 1.54) is 24.1 Å². The smallest absolute Gasteiger partial charge is 0.133 e. The molecule has 1 aliphatic carbocycles. The third-order valence-electron chi connectivity index (χ3n) is 3.61. The fourth-order valence-corrected chi connectivity index (χ4v) is 2.78. The molecule has 0 amide bonds. The van der Waals surface area contributed by atoms with Crippen LogP contribution in [0, 0.1) is 12.8 Å². The van der Waals surface area contributed by atoms with Gasteiger partial charge in [0.25, 0.3) is 0 Å². The van der Waals surface area contributed by atoms with Gasteiger partial charge in [-0.05, 0) is 44.9 Å². The van der Waals surface area contributed by atoms with E-state index in [1.54, 1.807) is 0 Å². The molecular weight excluding hydrogens is 238 g/mol. The maximum Gasteiger partial charge on any atom is 0.133 e. The molecule has 2 N–H and O–H groups in total. The molecule has 0 fully saturated rings. The van der Waals surface area contributed by atoms with Gasteiger partial charge in [-0.25, -0.2) is 9.97 Å². The fraction of sp³-hybridized carbons (Fsp3) is 0.733. The number of aliphatic hydroxyl groups excluding tert-OH is 1. The highest BCUT2D eigenvalue weighted by Gasteiger charge is 2.19. The van der Waals surface area contributed by atoms with Crippen LogP contribution < -0.4 is 5.32 Å². The van der Waals surface area contributed by atoms with E-state index in [0.717, 1.165) is 30.9 Å². The highest BCUT2D eigenvalue weighted by atomic mass is 16.3. The van der Waals surface area contributed by atoms with Crippen molar-refractivity contribution in [3.63, 3.8) is 0 Å². The number of aryl methyl sites for hydroxylation is 2. The average molecular weight is 263 g/mol. The van der Waals surface area contributed by atoms with Gasteiger partial charge in [-0.1, -0.05) is 13.8 Å². The minimum Gasteiger partial charge on any atom is -0.394 e. The molecule has 4 heteroatoms. The van der Waals surface area contributed by atoms with Crippen LogP contribution in [-0.2, 0) is 12.8 Å². The summed E-state index contributed by atoms with van der Waals surface area (Å²) in [5.41, 5.74) is 2.46. The van der Waals surface area contributed by atoms with Crippen molar-refractivity contribution in [3.05, 3.63) is 17.1 Å². The Balaban J connectivity index is 2.21. The first-order valence-electron chi connectivity index (χ1n) is 7.34. The lowest BCUT2D eigenvalue weighted by atomic mass is 9.96. The molecule has 0 saturated carbocycles. The van der Waals surface area contributed by atoms with E-state index in [9.17, 15) is 5.11 Å². The topological polar surface area (TPSA) is 58.0 Å². The summed E-state index contributed by atoms with van der Waals surface area (Å²) < 4.78 is 0. The second-order valence-electron chi connectivity index (χ2n) is 5.91. The zero-order valence-corrected chi connectivity index (χ0v) is 12.2. The minimum atomic E-state index is 0.0836. The molecule has 1 aromatic heterocycles. The van der Waals surface area contributed by atoms with Crippen LogP contribution in [-0.4, -0.2) is 27.7 Å². The van der Waals surface area contributed by atoms with Gasteiger partial charge in [-0.2, -0.15) is 0 Å². The zero-order valence-electron chi connectivity index (χ0n) is 12.2. The van der Waals surface area contributed by atoms with E-state index in [0.29, 0.717) is 5.92 Å². The molecule has 2 rings (SSSR count). The molecule has 4 nitrogen and oxygen atoms in total. The van der Waals surface area contributed by atoms with E-state index >= 15 is 0 Å². The van der Waals surface area contributed by atoms with Gasteiger partial charge in [0.2, 0.25) is 0 Å². The maximum absolute atomic E-state index is 9.50. The third kappa shape index (κ3) is 3.66. The van der Waals surface area contributed by atoms with Gasteiger partial charge >= 0.3 is 0 Å². The number of anilines is 1. The molecule has 0 aromatic carbocycles. The lowest BCUT2D eigenvalue weighted by Crippen LogP contribution is -2.27. The average Bonchev–Trinajstić information content (AvgIpc) is 2.37. The van der Waals surface area contributed by atoms with Gasteiger partial charge in [-0.15, -0.1) is 0 Å². The predicted octanol–water partition coefficient (Wildman–Crippen LogP) is 2.48. The van der Waals surface area contributed by atoms with Crippen molar-refractivity contribution in [1.29, 1.82) is 0 Å². The van der Waals surface area contributed by atoms with Crippen LogP contribution in [0.5, 0.6) is 0 Å². The van der Waals surface area contributed by atoms with Crippen LogP contribution >= 0.6 is 0 Å². The summed E-state index contributed by atoms with van der Waals surface area (Å²) in [7, 11) is 0. The Labute approximate surface area is 115 Å². The third-order valence-corrected chi connectivity index (χ3v) is 3.61. The molecule has 0 bridgehead atoms. The Kier molecular flexibility index (Phi) is 4.75. The standard InChI is InChI=1S/C15H25N3O/c1-10(2)8-12(9-19)18-15-13-6-4-5-7-14(13)16-11(3)17-15/h10,12,19H,4-9H2,1-3H3,(H,16,17,18). The molecule has 1 aromatic rings. The summed E-state index contributed by atoms with van der Waals surface area (Å²) in [6, 6.07) is 0.0836. The minimum absolute atomic E-state index is 0.0836. The van der Waals surface area contributed by atoms with Crippen molar-refractivity contribution in [1.82, 2.24) is 9.97 Å². The molecule has 19 heavy (non-hydrogen) atoms. The fourth-order valence-electron chi connectivity index (χ4n) is 2.78. The Bertz CT molecular complexity index is 432. The molecule has 1 unspecified atom stereocenters. The molecular formula is C15H25N3O. The van der Waals surface area contributed by atoms with Crippen LogP contribution in [0.3, 0.4) is 0 Å². The second kappa shape index (κ2) is 6.33. The molecule has 0 saturated heterocycles. The molecule has 1 heterocycles. The molecule has 106 valence electrons. The van der Waals surface area contributed by atoms with E-state index in [-0.39, 0.29) is 12.6 Å². The maximum atomic E-state index is 9.50. The number of nitrogens with zero attached hydrogens (tertiary/aromatic N) is 2. The molecule has 1 aliphatic rings. The normalized spacial score (nSPS) is 16.3. The lowest BCUT2D eigenvalue weighted by Gasteiger charge is -2.24. The van der Waals surface area contributed by atoms with Crippen LogP contribution in [0.25, 0.3) is 0 Å². The van der Waals surface area contributed by atoms with E-state index in [4.69, 9.17) is 0 Å². The van der Waals surface area contributed by atoms with Crippen molar-refractivity contribution in [3.8, 4) is 0 Å². The molecule has 0 spiro atoms. The number of hydrogen-bond donors (Lipinski definition) is 2. The largest absolute Gasteiger partial charge is 0.394 e. The van der Waals surface area contributed by atoms with E-state index in [2.05, 4.69) is 29.1 Å². The number of hydrogen-bond acceptors (Lipinski definition) is 4. The summed E-state index contributed by atoms with van der Waals surface area (Å²) in [5, 5.41) is 12.9. The molecule has 0 radical (unpaired) electrons. The van der Waals surface area contributed by atoms with Gasteiger partial charge < -0.3 is 10.4 Å². The van der Waals surface area contributed by atoms with E-state index < -0.39 is 0 Å². The summed E-state index contributed by atoms with van der Waals surface area (Å²) >= 11 is 0. The number of nitrogens with one attached hydrogen (secondary N) is 1. The summed E-state index contributed by atoms with van der Waals surface area (Å²) in [6.45, 7) is 6.43. The second-order valence-corrected chi connectivity index (χ2v) is 5.91. The Morgan fingerprint density at radius 2 is 1.95 bits per heavy atom. The first-order valence-corrected chi connectivity index (χ1v) is 7.34. The van der Waals surface area contributed by atoms with Gasteiger partial charge in [0.1, 0.15) is 11.6 Å². The van der Waals surface area contributed by atoms with Gasteiger partial charge in [-0.3, -0.25) is 0 Å². The number of aliphatic hydroxyl groups is 1. The molecule has 0 aliphatic heterocycles. The van der Waals surface area contributed by atoms with Gasteiger partial charge in [0.15, 0.2) is 0 Å². The predicted molar refractivity (Wildman–Crippen MR) is 77.4 cm³/mol. The van der Waals surface area contributed by atoms with Crippen molar-refractivity contribution in [2.24, 2.45) is 5.92 Å². The highest BCUT2D eigenvalue weighted by Crippen LogP contribution is 2.26. The lowest BCUT2D eigenvalue weighted by molar-refractivity contribution is 0.259. The summed E-state index contributed by atoms with van der Waals surface area (Å²) in [4.78, 5) is 9.10. The Hall–Kier alpha value is -1.16. The summed E-state index contributed by atoms with van der Waals surface area (Å²) in [6.07, 6.45) is 5.49. The zero-order chi connectivity index (χ0) is 13.8. The van der Waals surface area contributed by atoms with Crippen LogP contribution in [0.4, 0.5) is 5.82 Å². The van der Waals surface area contributed by atoms with Crippen molar-refractivity contribution >= 4 is 5.82 Å². The number of aromatic nitrogens is 2. The van der Waals surface area contributed by atoms with Gasteiger partial charge in [0.05, 0.1) is 12.6 Å². The number of fused-ring (bicyclic) bond motifs is 1. The first-order chi connectivity index (χ1) is 9.10. The highest BCUT2D eigenvalue weighted by molar-refractivity contribution is 5.48. The Morgan fingerprint density at radius 1 is 1.21 bits per heavy atom.